The van der Waals surface area contributed by atoms with Crippen LogP contribution in [0, 0.1) is 0 Å². The van der Waals surface area contributed by atoms with E-state index in [-0.39, 0.29) is 29.0 Å². The average Bonchev–Trinajstić information content (AvgIpc) is 2.99. The summed E-state index contributed by atoms with van der Waals surface area (Å²) >= 11 is 6.15. The first-order chi connectivity index (χ1) is 11.8. The average molecular weight is 371 g/mol. The lowest BCUT2D eigenvalue weighted by molar-refractivity contribution is -0.130. The second kappa shape index (κ2) is 8.06. The minimum atomic E-state index is -0.760. The van der Waals surface area contributed by atoms with Gasteiger partial charge in [-0.05, 0) is 26.0 Å². The zero-order chi connectivity index (χ0) is 18.6. The number of carbonyl (C=O) groups excluding carboxylic acids is 3. The molecule has 1 aliphatic rings. The van der Waals surface area contributed by atoms with Crippen LogP contribution in [0.3, 0.4) is 0 Å². The fourth-order valence-electron chi connectivity index (χ4n) is 2.19. The van der Waals surface area contributed by atoms with Crippen molar-refractivity contribution in [3.8, 4) is 11.5 Å². The van der Waals surface area contributed by atoms with E-state index >= 15 is 0 Å². The Morgan fingerprint density at radius 1 is 1.36 bits per heavy atom. The molecule has 1 N–H and O–H groups in total. The molecule has 0 atom stereocenters. The zero-order valence-corrected chi connectivity index (χ0v) is 14.9. The summed E-state index contributed by atoms with van der Waals surface area (Å²) in [4.78, 5) is 36.4. The molecule has 0 spiro atoms. The molecule has 0 aromatic heterocycles. The summed E-state index contributed by atoms with van der Waals surface area (Å²) in [6, 6.07) is 2.29. The van der Waals surface area contributed by atoms with Crippen molar-refractivity contribution >= 4 is 29.5 Å². The van der Waals surface area contributed by atoms with Crippen LogP contribution in [-0.4, -0.2) is 55.7 Å². The Hall–Kier alpha value is -2.48. The van der Waals surface area contributed by atoms with Gasteiger partial charge in [0.25, 0.3) is 5.91 Å². The Labute approximate surface area is 150 Å². The number of carbonyl (C=O) groups is 3. The van der Waals surface area contributed by atoms with Crippen LogP contribution < -0.4 is 14.8 Å². The highest BCUT2D eigenvalue weighted by molar-refractivity contribution is 6.32. The zero-order valence-electron chi connectivity index (χ0n) is 14.1. The number of nitrogens with zero attached hydrogens (tertiary/aromatic N) is 1. The minimum Gasteiger partial charge on any atom is -0.493 e. The van der Waals surface area contributed by atoms with Gasteiger partial charge in [-0.15, -0.1) is 0 Å². The van der Waals surface area contributed by atoms with Gasteiger partial charge in [-0.3, -0.25) is 9.69 Å². The van der Waals surface area contributed by atoms with Crippen molar-refractivity contribution in [2.24, 2.45) is 0 Å². The van der Waals surface area contributed by atoms with Crippen LogP contribution in [0.4, 0.5) is 4.79 Å². The molecule has 0 radical (unpaired) electrons. The minimum absolute atomic E-state index is 0.108. The molecule has 1 fully saturated rings. The van der Waals surface area contributed by atoms with Gasteiger partial charge in [0, 0.05) is 13.1 Å². The summed E-state index contributed by atoms with van der Waals surface area (Å²) in [5.41, 5.74) is 0.108. The monoisotopic (exact) mass is 370 g/mol. The Bertz CT molecular complexity index is 691. The summed E-state index contributed by atoms with van der Waals surface area (Å²) in [7, 11) is 1.42. The lowest BCUT2D eigenvalue weighted by Crippen LogP contribution is -2.37. The number of esters is 1. The normalized spacial score (nSPS) is 13.6. The lowest BCUT2D eigenvalue weighted by atomic mass is 10.2. The third-order valence-electron chi connectivity index (χ3n) is 3.30. The highest BCUT2D eigenvalue weighted by atomic mass is 35.5. The van der Waals surface area contributed by atoms with Crippen LogP contribution in [0.2, 0.25) is 5.02 Å². The van der Waals surface area contributed by atoms with Crippen LogP contribution in [0.5, 0.6) is 11.5 Å². The molecule has 8 nitrogen and oxygen atoms in total. The molecule has 1 aliphatic heterocycles. The number of halogens is 1. The summed E-state index contributed by atoms with van der Waals surface area (Å²) < 4.78 is 15.7. The summed E-state index contributed by atoms with van der Waals surface area (Å²) in [6.07, 6.45) is -0.131. The first-order valence-electron chi connectivity index (χ1n) is 7.63. The highest BCUT2D eigenvalue weighted by Crippen LogP contribution is 2.37. The Morgan fingerprint density at radius 2 is 2.08 bits per heavy atom. The predicted octanol–water partition coefficient (Wildman–Crippen LogP) is 1.84. The number of ether oxygens (including phenoxy) is 3. The van der Waals surface area contributed by atoms with Crippen LogP contribution in [-0.2, 0) is 9.53 Å². The van der Waals surface area contributed by atoms with Gasteiger partial charge in [0.2, 0.25) is 0 Å². The van der Waals surface area contributed by atoms with Crippen LogP contribution in [0.25, 0.3) is 0 Å². The quantitative estimate of drug-likeness (QED) is 0.768. The largest absolute Gasteiger partial charge is 0.493 e. The summed E-state index contributed by atoms with van der Waals surface area (Å²) in [5.74, 6) is -0.760. The van der Waals surface area contributed by atoms with E-state index in [9.17, 15) is 14.4 Å². The molecule has 1 aromatic rings. The van der Waals surface area contributed by atoms with E-state index in [0.29, 0.717) is 12.3 Å². The van der Waals surface area contributed by atoms with Crippen molar-refractivity contribution in [2.45, 2.75) is 20.0 Å². The van der Waals surface area contributed by atoms with Gasteiger partial charge >= 0.3 is 12.0 Å². The number of rotatable bonds is 6. The Balaban J connectivity index is 2.07. The van der Waals surface area contributed by atoms with Gasteiger partial charge < -0.3 is 19.5 Å². The molecule has 0 bridgehead atoms. The van der Waals surface area contributed by atoms with Crippen LogP contribution in [0.15, 0.2) is 12.1 Å². The Morgan fingerprint density at radius 3 is 2.64 bits per heavy atom. The molecule has 3 amide bonds. The molecular weight excluding hydrogens is 352 g/mol. The van der Waals surface area contributed by atoms with Crippen molar-refractivity contribution in [3.63, 3.8) is 0 Å². The molecular formula is C16H19ClN2O6. The molecule has 136 valence electrons. The smallest absolute Gasteiger partial charge is 0.338 e. The number of methoxy groups -OCH3 is 1. The molecule has 0 saturated carbocycles. The molecule has 25 heavy (non-hydrogen) atoms. The van der Waals surface area contributed by atoms with Crippen LogP contribution in [0.1, 0.15) is 24.2 Å². The standard InChI is InChI=1S/C16H19ClN2O6/c1-9(2)25-14-11(17)6-10(7-12(14)23-3)15(21)24-8-13(20)19-5-4-18-16(19)22/h6-7,9H,4-5,8H2,1-3H3,(H,18,22). The van der Waals surface area contributed by atoms with E-state index in [2.05, 4.69) is 5.32 Å². The number of benzene rings is 1. The topological polar surface area (TPSA) is 94.2 Å². The predicted molar refractivity (Wildman–Crippen MR) is 89.2 cm³/mol. The second-order valence-electron chi connectivity index (χ2n) is 5.51. The molecule has 0 aliphatic carbocycles. The SMILES string of the molecule is COc1cc(C(=O)OCC(=O)N2CCNC2=O)cc(Cl)c1OC(C)C. The third-order valence-corrected chi connectivity index (χ3v) is 3.58. The van der Waals surface area contributed by atoms with Gasteiger partial charge in [0.15, 0.2) is 18.1 Å². The second-order valence-corrected chi connectivity index (χ2v) is 5.92. The van der Waals surface area contributed by atoms with E-state index in [4.69, 9.17) is 25.8 Å². The molecule has 1 aromatic carbocycles. The summed E-state index contributed by atoms with van der Waals surface area (Å²) in [5, 5.41) is 2.68. The number of hydrogen-bond acceptors (Lipinski definition) is 6. The molecule has 9 heteroatoms. The van der Waals surface area contributed by atoms with E-state index in [1.165, 1.54) is 19.2 Å². The fourth-order valence-corrected chi connectivity index (χ4v) is 2.44. The summed E-state index contributed by atoms with van der Waals surface area (Å²) in [6.45, 7) is 3.74. The highest BCUT2D eigenvalue weighted by Gasteiger charge is 2.27. The maximum atomic E-state index is 12.2. The number of urea groups is 1. The van der Waals surface area contributed by atoms with E-state index < -0.39 is 24.5 Å². The number of amides is 3. The number of nitrogens with one attached hydrogen (secondary N) is 1. The van der Waals surface area contributed by atoms with E-state index in [1.807, 2.05) is 13.8 Å². The van der Waals surface area contributed by atoms with E-state index in [1.54, 1.807) is 0 Å². The van der Waals surface area contributed by atoms with Crippen molar-refractivity contribution in [3.05, 3.63) is 22.7 Å². The number of imide groups is 1. The van der Waals surface area contributed by atoms with Gasteiger partial charge in [-0.2, -0.15) is 0 Å². The maximum Gasteiger partial charge on any atom is 0.338 e. The molecule has 1 heterocycles. The van der Waals surface area contributed by atoms with Gasteiger partial charge in [0.05, 0.1) is 23.8 Å². The van der Waals surface area contributed by atoms with Gasteiger partial charge in [0.1, 0.15) is 0 Å². The van der Waals surface area contributed by atoms with E-state index in [0.717, 1.165) is 4.90 Å². The van der Waals surface area contributed by atoms with Crippen molar-refractivity contribution in [1.29, 1.82) is 0 Å². The van der Waals surface area contributed by atoms with Gasteiger partial charge in [-0.25, -0.2) is 9.59 Å². The lowest BCUT2D eigenvalue weighted by Gasteiger charge is -2.16. The van der Waals surface area contributed by atoms with Crippen molar-refractivity contribution in [1.82, 2.24) is 10.2 Å². The van der Waals surface area contributed by atoms with Crippen LogP contribution >= 0.6 is 11.6 Å². The fraction of sp³-hybridized carbons (Fsp3) is 0.438. The first-order valence-corrected chi connectivity index (χ1v) is 8.00. The van der Waals surface area contributed by atoms with Crippen molar-refractivity contribution < 1.29 is 28.6 Å². The number of hydrogen-bond donors (Lipinski definition) is 1. The van der Waals surface area contributed by atoms with Crippen molar-refractivity contribution in [2.75, 3.05) is 26.8 Å². The Kier molecular flexibility index (Phi) is 6.08. The molecule has 1 saturated heterocycles. The van der Waals surface area contributed by atoms with Gasteiger partial charge in [-0.1, -0.05) is 11.6 Å². The molecule has 0 unspecified atom stereocenters. The first kappa shape index (κ1) is 18.9. The maximum absolute atomic E-state index is 12.2. The third kappa shape index (κ3) is 4.54. The molecule has 2 rings (SSSR count).